The Kier molecular flexibility index (Phi) is 7.21. The highest BCUT2D eigenvalue weighted by atomic mass is 32.2. The number of hydrogen-bond acceptors (Lipinski definition) is 4. The highest BCUT2D eigenvalue weighted by Crippen LogP contribution is 2.39. The number of methoxy groups -OCH3 is 1. The molecule has 2 heterocycles. The van der Waals surface area contributed by atoms with Gasteiger partial charge in [0.25, 0.3) is 0 Å². The van der Waals surface area contributed by atoms with Crippen molar-refractivity contribution in [2.75, 3.05) is 51.4 Å². The van der Waals surface area contributed by atoms with Gasteiger partial charge in [0.2, 0.25) is 11.8 Å². The maximum absolute atomic E-state index is 12.4. The van der Waals surface area contributed by atoms with E-state index in [0.717, 1.165) is 50.4 Å². The van der Waals surface area contributed by atoms with Crippen molar-refractivity contribution < 1.29 is 14.3 Å². The quantitative estimate of drug-likeness (QED) is 0.664. The molecule has 1 atom stereocenters. The minimum absolute atomic E-state index is 0.105. The number of carbonyl (C=O) groups is 2. The van der Waals surface area contributed by atoms with Gasteiger partial charge >= 0.3 is 0 Å². The second-order valence-electron chi connectivity index (χ2n) is 6.67. The third-order valence-corrected chi connectivity index (χ3v) is 5.89. The summed E-state index contributed by atoms with van der Waals surface area (Å²) >= 11 is 1.82. The van der Waals surface area contributed by atoms with Crippen molar-refractivity contribution in [1.29, 1.82) is 0 Å². The molecule has 0 bridgehead atoms. The van der Waals surface area contributed by atoms with Gasteiger partial charge in [-0.05, 0) is 25.0 Å². The Morgan fingerprint density at radius 1 is 1.35 bits per heavy atom. The van der Waals surface area contributed by atoms with Gasteiger partial charge in [0.05, 0.1) is 6.61 Å². The first-order chi connectivity index (χ1) is 11.1. The van der Waals surface area contributed by atoms with E-state index in [1.807, 2.05) is 21.6 Å². The second kappa shape index (κ2) is 8.92. The summed E-state index contributed by atoms with van der Waals surface area (Å²) < 4.78 is 5.12. The molecule has 2 rings (SSSR count). The number of hydrogen-bond donors (Lipinski definition) is 0. The van der Waals surface area contributed by atoms with Gasteiger partial charge in [0, 0.05) is 57.3 Å². The second-order valence-corrected chi connectivity index (χ2v) is 8.07. The lowest BCUT2D eigenvalue weighted by Gasteiger charge is -2.48. The van der Waals surface area contributed by atoms with Gasteiger partial charge in [-0.25, -0.2) is 0 Å². The summed E-state index contributed by atoms with van der Waals surface area (Å²) in [5.41, 5.74) is 0.105. The summed E-state index contributed by atoms with van der Waals surface area (Å²) in [4.78, 5) is 28.5. The molecule has 0 aliphatic carbocycles. The van der Waals surface area contributed by atoms with E-state index in [4.69, 9.17) is 4.74 Å². The minimum atomic E-state index is 0.105. The maximum atomic E-state index is 12.4. The van der Waals surface area contributed by atoms with Crippen molar-refractivity contribution in [2.45, 2.75) is 39.0 Å². The zero-order chi connectivity index (χ0) is 16.7. The summed E-state index contributed by atoms with van der Waals surface area (Å²) in [5, 5.41) is 0. The van der Waals surface area contributed by atoms with Gasteiger partial charge in [-0.2, -0.15) is 11.8 Å². The molecule has 1 spiro atoms. The van der Waals surface area contributed by atoms with Crippen LogP contribution >= 0.6 is 11.8 Å². The molecule has 5 nitrogen and oxygen atoms in total. The van der Waals surface area contributed by atoms with Crippen LogP contribution in [0.3, 0.4) is 0 Å². The smallest absolute Gasteiger partial charge is 0.223 e. The normalized spacial score (nSPS) is 25.2. The van der Waals surface area contributed by atoms with Crippen LogP contribution in [0.1, 0.15) is 39.0 Å². The molecule has 2 saturated heterocycles. The highest BCUT2D eigenvalue weighted by Gasteiger charge is 2.42. The van der Waals surface area contributed by atoms with E-state index in [2.05, 4.69) is 6.92 Å². The largest absolute Gasteiger partial charge is 0.383 e. The third-order valence-electron chi connectivity index (χ3n) is 4.99. The van der Waals surface area contributed by atoms with Gasteiger partial charge in [0.1, 0.15) is 0 Å². The van der Waals surface area contributed by atoms with E-state index in [1.54, 1.807) is 7.11 Å². The predicted octanol–water partition coefficient (Wildman–Crippen LogP) is 2.01. The number of piperidine rings is 2. The molecule has 0 radical (unpaired) electrons. The van der Waals surface area contributed by atoms with Crippen LogP contribution in [0.25, 0.3) is 0 Å². The number of nitrogens with zero attached hydrogens (tertiary/aromatic N) is 2. The van der Waals surface area contributed by atoms with Crippen molar-refractivity contribution in [2.24, 2.45) is 5.41 Å². The fraction of sp³-hybridized carbons (Fsp3) is 0.882. The van der Waals surface area contributed by atoms with Gasteiger partial charge < -0.3 is 14.5 Å². The summed E-state index contributed by atoms with van der Waals surface area (Å²) in [7, 11) is 1.67. The molecule has 2 fully saturated rings. The minimum Gasteiger partial charge on any atom is -0.383 e. The number of thioether (sulfide) groups is 1. The zero-order valence-corrected chi connectivity index (χ0v) is 15.3. The van der Waals surface area contributed by atoms with E-state index in [9.17, 15) is 9.59 Å². The fourth-order valence-corrected chi connectivity index (χ4v) is 4.33. The van der Waals surface area contributed by atoms with Crippen molar-refractivity contribution in [1.82, 2.24) is 9.80 Å². The molecule has 6 heteroatoms. The van der Waals surface area contributed by atoms with Gasteiger partial charge in [-0.1, -0.05) is 6.92 Å². The Labute approximate surface area is 144 Å². The third kappa shape index (κ3) is 5.11. The van der Waals surface area contributed by atoms with Crippen LogP contribution in [0.4, 0.5) is 0 Å². The van der Waals surface area contributed by atoms with Crippen LogP contribution < -0.4 is 0 Å². The van der Waals surface area contributed by atoms with Gasteiger partial charge in [0.15, 0.2) is 0 Å². The molecule has 0 N–H and O–H groups in total. The standard InChI is InChI=1S/C17H30N2O3S/c1-3-23-12-6-16(21)18-9-4-7-17(13-18)8-5-15(20)19(14-17)10-11-22-2/h3-14H2,1-2H3. The Hall–Kier alpha value is -0.750. The molecule has 132 valence electrons. The number of amides is 2. The summed E-state index contributed by atoms with van der Waals surface area (Å²) in [5.74, 6) is 2.49. The molecule has 0 aromatic heterocycles. The molecule has 0 aromatic carbocycles. The molecule has 0 saturated carbocycles. The van der Waals surface area contributed by atoms with Crippen molar-refractivity contribution in [3.8, 4) is 0 Å². The summed E-state index contributed by atoms with van der Waals surface area (Å²) in [6.07, 6.45) is 4.34. The predicted molar refractivity (Wildman–Crippen MR) is 93.6 cm³/mol. The monoisotopic (exact) mass is 342 g/mol. The van der Waals surface area contributed by atoms with Crippen LogP contribution in [0.5, 0.6) is 0 Å². The van der Waals surface area contributed by atoms with Crippen molar-refractivity contribution in [3.05, 3.63) is 0 Å². The number of rotatable bonds is 7. The molecule has 2 aliphatic rings. The molecule has 23 heavy (non-hydrogen) atoms. The van der Waals surface area contributed by atoms with Crippen LogP contribution in [-0.2, 0) is 14.3 Å². The number of ether oxygens (including phenoxy) is 1. The SMILES string of the molecule is CCSCCC(=O)N1CCCC2(CCC(=O)N(CCOC)C2)C1. The topological polar surface area (TPSA) is 49.9 Å². The van der Waals surface area contributed by atoms with Crippen LogP contribution in [-0.4, -0.2) is 73.0 Å². The summed E-state index contributed by atoms with van der Waals surface area (Å²) in [6.45, 7) is 5.85. The molecule has 1 unspecified atom stereocenters. The Balaban J connectivity index is 1.92. The van der Waals surface area contributed by atoms with E-state index in [1.165, 1.54) is 0 Å². The van der Waals surface area contributed by atoms with Crippen LogP contribution in [0.15, 0.2) is 0 Å². The van der Waals surface area contributed by atoms with Gasteiger partial charge in [-0.3, -0.25) is 9.59 Å². The van der Waals surface area contributed by atoms with E-state index >= 15 is 0 Å². The first-order valence-corrected chi connectivity index (χ1v) is 9.88. The van der Waals surface area contributed by atoms with Gasteiger partial charge in [-0.15, -0.1) is 0 Å². The Bertz CT molecular complexity index is 419. The first-order valence-electron chi connectivity index (χ1n) is 8.72. The molecular formula is C17H30N2O3S. The number of carbonyl (C=O) groups excluding carboxylic acids is 2. The Morgan fingerprint density at radius 3 is 2.91 bits per heavy atom. The van der Waals surface area contributed by atoms with Crippen molar-refractivity contribution >= 4 is 23.6 Å². The lowest BCUT2D eigenvalue weighted by molar-refractivity contribution is -0.143. The lowest BCUT2D eigenvalue weighted by Crippen LogP contribution is -2.55. The maximum Gasteiger partial charge on any atom is 0.223 e. The molecule has 2 aliphatic heterocycles. The molecule has 2 amide bonds. The lowest BCUT2D eigenvalue weighted by atomic mass is 9.73. The van der Waals surface area contributed by atoms with Crippen LogP contribution in [0.2, 0.25) is 0 Å². The van der Waals surface area contributed by atoms with Crippen LogP contribution in [0, 0.1) is 5.41 Å². The van der Waals surface area contributed by atoms with E-state index in [0.29, 0.717) is 26.0 Å². The average Bonchev–Trinajstić information content (AvgIpc) is 2.56. The summed E-state index contributed by atoms with van der Waals surface area (Å²) in [6, 6.07) is 0. The average molecular weight is 343 g/mol. The van der Waals surface area contributed by atoms with Crippen molar-refractivity contribution in [3.63, 3.8) is 0 Å². The Morgan fingerprint density at radius 2 is 2.17 bits per heavy atom. The number of likely N-dealkylation sites (tertiary alicyclic amines) is 2. The fourth-order valence-electron chi connectivity index (χ4n) is 3.72. The molecule has 0 aromatic rings. The van der Waals surface area contributed by atoms with E-state index in [-0.39, 0.29) is 17.2 Å². The highest BCUT2D eigenvalue weighted by molar-refractivity contribution is 7.99. The zero-order valence-electron chi connectivity index (χ0n) is 14.5. The first kappa shape index (κ1) is 18.6. The van der Waals surface area contributed by atoms with E-state index < -0.39 is 0 Å². The molecular weight excluding hydrogens is 312 g/mol.